The number of hydrogen-bond acceptors (Lipinski definition) is 3. The summed E-state index contributed by atoms with van der Waals surface area (Å²) in [5, 5.41) is 15.5. The number of aromatic nitrogens is 2. The zero-order valence-electron chi connectivity index (χ0n) is 10.3. The Morgan fingerprint density at radius 1 is 1.61 bits per heavy atom. The molecule has 2 heterocycles. The van der Waals surface area contributed by atoms with Crippen molar-refractivity contribution in [2.75, 3.05) is 6.54 Å². The van der Waals surface area contributed by atoms with Crippen LogP contribution < -0.4 is 0 Å². The highest BCUT2D eigenvalue weighted by molar-refractivity contribution is 5.96. The first-order valence-corrected chi connectivity index (χ1v) is 6.16. The second-order valence-electron chi connectivity index (χ2n) is 4.64. The molecule has 0 spiro atoms. The number of H-pyrrole nitrogens is 1. The molecule has 2 rings (SSSR count). The number of piperidine rings is 1. The van der Waals surface area contributed by atoms with Gasteiger partial charge in [0, 0.05) is 12.7 Å². The summed E-state index contributed by atoms with van der Waals surface area (Å²) in [4.78, 5) is 24.9. The first-order valence-electron chi connectivity index (χ1n) is 6.16. The molecule has 6 heteroatoms. The molecular formula is C12H17N3O3. The van der Waals surface area contributed by atoms with E-state index >= 15 is 0 Å². The molecule has 0 aliphatic carbocycles. The molecule has 1 saturated heterocycles. The Kier molecular flexibility index (Phi) is 3.64. The molecule has 1 fully saturated rings. The van der Waals surface area contributed by atoms with Gasteiger partial charge < -0.3 is 10.0 Å². The van der Waals surface area contributed by atoms with Crippen LogP contribution in [0.4, 0.5) is 0 Å². The van der Waals surface area contributed by atoms with E-state index in [0.29, 0.717) is 24.4 Å². The third-order valence-corrected chi connectivity index (χ3v) is 3.58. The standard InChI is InChI=1S/C12H17N3O3/c1-2-8-3-4-15(10(5-8)12(17)18)11(16)9-6-13-14-7-9/h6-8,10H,2-5H2,1H3,(H,13,14)(H,17,18). The third kappa shape index (κ3) is 2.37. The first kappa shape index (κ1) is 12.6. The molecule has 1 aliphatic heterocycles. The topological polar surface area (TPSA) is 86.3 Å². The maximum Gasteiger partial charge on any atom is 0.326 e. The van der Waals surface area contributed by atoms with Crippen molar-refractivity contribution < 1.29 is 14.7 Å². The van der Waals surface area contributed by atoms with Crippen molar-refractivity contribution in [2.24, 2.45) is 5.92 Å². The lowest BCUT2D eigenvalue weighted by Crippen LogP contribution is -2.50. The Bertz CT molecular complexity index is 430. The lowest BCUT2D eigenvalue weighted by molar-refractivity contribution is -0.144. The van der Waals surface area contributed by atoms with Crippen LogP contribution in [0.2, 0.25) is 0 Å². The lowest BCUT2D eigenvalue weighted by Gasteiger charge is -2.36. The Hall–Kier alpha value is -1.85. The van der Waals surface area contributed by atoms with Crippen molar-refractivity contribution in [1.29, 1.82) is 0 Å². The normalized spacial score (nSPS) is 23.9. The summed E-state index contributed by atoms with van der Waals surface area (Å²) in [6.45, 7) is 2.55. The maximum absolute atomic E-state index is 12.2. The van der Waals surface area contributed by atoms with Crippen LogP contribution in [0, 0.1) is 5.92 Å². The predicted octanol–water partition coefficient (Wildman–Crippen LogP) is 1.13. The van der Waals surface area contributed by atoms with Crippen LogP contribution in [0.25, 0.3) is 0 Å². The highest BCUT2D eigenvalue weighted by Gasteiger charge is 2.36. The number of amides is 1. The minimum absolute atomic E-state index is 0.259. The van der Waals surface area contributed by atoms with E-state index in [1.165, 1.54) is 17.3 Å². The number of carboxylic acids is 1. The number of carboxylic acid groups (broad SMARTS) is 1. The van der Waals surface area contributed by atoms with E-state index in [-0.39, 0.29) is 5.91 Å². The number of rotatable bonds is 3. The van der Waals surface area contributed by atoms with Crippen LogP contribution >= 0.6 is 0 Å². The van der Waals surface area contributed by atoms with E-state index in [0.717, 1.165) is 12.8 Å². The van der Waals surface area contributed by atoms with Gasteiger partial charge >= 0.3 is 5.97 Å². The minimum Gasteiger partial charge on any atom is -0.480 e. The molecule has 1 amide bonds. The molecule has 1 aliphatic rings. The Balaban J connectivity index is 2.16. The van der Waals surface area contributed by atoms with E-state index in [2.05, 4.69) is 17.1 Å². The molecule has 0 bridgehead atoms. The Labute approximate surface area is 105 Å². The number of aliphatic carboxylic acids is 1. The molecule has 18 heavy (non-hydrogen) atoms. The zero-order chi connectivity index (χ0) is 13.1. The molecular weight excluding hydrogens is 234 g/mol. The van der Waals surface area contributed by atoms with Gasteiger partial charge in [0.25, 0.3) is 5.91 Å². The third-order valence-electron chi connectivity index (χ3n) is 3.58. The number of carbonyl (C=O) groups is 2. The molecule has 2 N–H and O–H groups in total. The van der Waals surface area contributed by atoms with E-state index in [1.807, 2.05) is 0 Å². The van der Waals surface area contributed by atoms with E-state index < -0.39 is 12.0 Å². The summed E-state index contributed by atoms with van der Waals surface area (Å²) in [6, 6.07) is -0.717. The molecule has 0 saturated carbocycles. The Morgan fingerprint density at radius 3 is 2.94 bits per heavy atom. The van der Waals surface area contributed by atoms with Gasteiger partial charge in [0.15, 0.2) is 0 Å². The van der Waals surface area contributed by atoms with Gasteiger partial charge in [-0.05, 0) is 18.8 Å². The smallest absolute Gasteiger partial charge is 0.326 e. The minimum atomic E-state index is -0.926. The van der Waals surface area contributed by atoms with Gasteiger partial charge in [0.2, 0.25) is 0 Å². The van der Waals surface area contributed by atoms with Crippen molar-refractivity contribution in [3.63, 3.8) is 0 Å². The number of nitrogens with one attached hydrogen (secondary N) is 1. The molecule has 6 nitrogen and oxygen atoms in total. The fraction of sp³-hybridized carbons (Fsp3) is 0.583. The SMILES string of the molecule is CCC1CCN(C(=O)c2cn[nH]c2)C(C(=O)O)C1. The summed E-state index contributed by atoms with van der Waals surface area (Å²) < 4.78 is 0. The zero-order valence-corrected chi connectivity index (χ0v) is 10.3. The quantitative estimate of drug-likeness (QED) is 0.843. The highest BCUT2D eigenvalue weighted by Crippen LogP contribution is 2.26. The lowest BCUT2D eigenvalue weighted by atomic mass is 9.88. The summed E-state index contributed by atoms with van der Waals surface area (Å²) >= 11 is 0. The van der Waals surface area contributed by atoms with E-state index in [4.69, 9.17) is 0 Å². The summed E-state index contributed by atoms with van der Waals surface area (Å²) in [5.74, 6) is -0.796. The van der Waals surface area contributed by atoms with Crippen LogP contribution in [0.15, 0.2) is 12.4 Å². The molecule has 1 aromatic heterocycles. The summed E-state index contributed by atoms with van der Waals surface area (Å²) in [7, 11) is 0. The number of carbonyl (C=O) groups excluding carboxylic acids is 1. The largest absolute Gasteiger partial charge is 0.480 e. The molecule has 0 radical (unpaired) electrons. The van der Waals surface area contributed by atoms with Crippen LogP contribution in [0.5, 0.6) is 0 Å². The molecule has 98 valence electrons. The fourth-order valence-electron chi connectivity index (χ4n) is 2.42. The summed E-state index contributed by atoms with van der Waals surface area (Å²) in [5.41, 5.74) is 0.413. The van der Waals surface area contributed by atoms with Gasteiger partial charge in [-0.3, -0.25) is 9.89 Å². The number of likely N-dealkylation sites (tertiary alicyclic amines) is 1. The van der Waals surface area contributed by atoms with E-state index in [9.17, 15) is 14.7 Å². The Morgan fingerprint density at radius 2 is 2.39 bits per heavy atom. The molecule has 2 atom stereocenters. The van der Waals surface area contributed by atoms with Crippen molar-refractivity contribution in [2.45, 2.75) is 32.2 Å². The van der Waals surface area contributed by atoms with Gasteiger partial charge in [-0.15, -0.1) is 0 Å². The summed E-state index contributed by atoms with van der Waals surface area (Å²) in [6.07, 6.45) is 5.27. The highest BCUT2D eigenvalue weighted by atomic mass is 16.4. The van der Waals surface area contributed by atoms with Crippen LogP contribution in [-0.4, -0.2) is 44.7 Å². The average Bonchev–Trinajstić information content (AvgIpc) is 2.91. The second-order valence-corrected chi connectivity index (χ2v) is 4.64. The monoisotopic (exact) mass is 251 g/mol. The van der Waals surface area contributed by atoms with Crippen molar-refractivity contribution >= 4 is 11.9 Å². The van der Waals surface area contributed by atoms with Crippen LogP contribution in [-0.2, 0) is 4.79 Å². The average molecular weight is 251 g/mol. The van der Waals surface area contributed by atoms with Gasteiger partial charge in [-0.25, -0.2) is 4.79 Å². The maximum atomic E-state index is 12.2. The van der Waals surface area contributed by atoms with E-state index in [1.54, 1.807) is 0 Å². The van der Waals surface area contributed by atoms with Crippen molar-refractivity contribution in [3.8, 4) is 0 Å². The van der Waals surface area contributed by atoms with Crippen LogP contribution in [0.3, 0.4) is 0 Å². The van der Waals surface area contributed by atoms with Gasteiger partial charge in [0.1, 0.15) is 6.04 Å². The molecule has 0 aromatic carbocycles. The van der Waals surface area contributed by atoms with Crippen molar-refractivity contribution in [1.82, 2.24) is 15.1 Å². The molecule has 2 unspecified atom stereocenters. The first-order chi connectivity index (χ1) is 8.63. The fourth-order valence-corrected chi connectivity index (χ4v) is 2.42. The number of hydrogen-bond donors (Lipinski definition) is 2. The number of aromatic amines is 1. The van der Waals surface area contributed by atoms with Gasteiger partial charge in [-0.1, -0.05) is 13.3 Å². The van der Waals surface area contributed by atoms with Crippen molar-refractivity contribution in [3.05, 3.63) is 18.0 Å². The number of nitrogens with zero attached hydrogens (tertiary/aromatic N) is 2. The van der Waals surface area contributed by atoms with Gasteiger partial charge in [-0.2, -0.15) is 5.10 Å². The predicted molar refractivity (Wildman–Crippen MR) is 64.1 cm³/mol. The van der Waals surface area contributed by atoms with Gasteiger partial charge in [0.05, 0.1) is 11.8 Å². The second kappa shape index (κ2) is 5.20. The molecule has 1 aromatic rings. The van der Waals surface area contributed by atoms with Crippen LogP contribution in [0.1, 0.15) is 36.5 Å².